The van der Waals surface area contributed by atoms with Crippen LogP contribution in [0.15, 0.2) is 49.1 Å². The number of anilines is 1. The van der Waals surface area contributed by atoms with E-state index in [0.717, 1.165) is 19.4 Å². The monoisotopic (exact) mass is 584 g/mol. The van der Waals surface area contributed by atoms with E-state index in [2.05, 4.69) is 32.4 Å². The Morgan fingerprint density at radius 2 is 2.10 bits per heavy atom. The Morgan fingerprint density at radius 1 is 1.24 bits per heavy atom. The van der Waals surface area contributed by atoms with Crippen LogP contribution in [-0.4, -0.2) is 85.3 Å². The standard InChI is InChI=1S/C27H27ClF2N8O3/c1-35-9-5-16-13-36(10-6-21(16)35)23(39)15-37-14-20(33-26(40)19-12-32-38-8-2-7-31-25(19)38)24(34-37)18-11-17(28)3-4-22(18)41-27(29)30/h2-4,7-8,11-12,14,16,21,27H,5-6,9-10,13,15H2,1H3,(H,33,40). The van der Waals surface area contributed by atoms with Crippen molar-refractivity contribution in [1.29, 1.82) is 0 Å². The van der Waals surface area contributed by atoms with E-state index in [4.69, 9.17) is 16.3 Å². The highest BCUT2D eigenvalue weighted by molar-refractivity contribution is 6.31. The van der Waals surface area contributed by atoms with E-state index in [1.807, 2.05) is 4.90 Å². The molecule has 2 saturated heterocycles. The fourth-order valence-corrected chi connectivity index (χ4v) is 5.91. The van der Waals surface area contributed by atoms with Gasteiger partial charge in [0.25, 0.3) is 5.91 Å². The molecule has 0 radical (unpaired) electrons. The van der Waals surface area contributed by atoms with Gasteiger partial charge in [0.1, 0.15) is 23.6 Å². The van der Waals surface area contributed by atoms with E-state index in [-0.39, 0.29) is 45.7 Å². The van der Waals surface area contributed by atoms with Crippen molar-refractivity contribution < 1.29 is 23.1 Å². The van der Waals surface area contributed by atoms with Crippen LogP contribution >= 0.6 is 11.6 Å². The maximum Gasteiger partial charge on any atom is 0.387 e. The van der Waals surface area contributed by atoms with Gasteiger partial charge in [0.05, 0.1) is 11.9 Å². The van der Waals surface area contributed by atoms with Crippen molar-refractivity contribution in [3.05, 3.63) is 59.6 Å². The van der Waals surface area contributed by atoms with Crippen LogP contribution in [0.4, 0.5) is 14.5 Å². The molecule has 214 valence electrons. The Hall–Kier alpha value is -4.10. The Labute approximate surface area is 238 Å². The van der Waals surface area contributed by atoms with Crippen LogP contribution in [0.5, 0.6) is 5.75 Å². The number of benzene rings is 1. The molecule has 11 nitrogen and oxygen atoms in total. The first-order valence-corrected chi connectivity index (χ1v) is 13.5. The fourth-order valence-electron chi connectivity index (χ4n) is 5.74. The second-order valence-corrected chi connectivity index (χ2v) is 10.7. The molecule has 0 saturated carbocycles. The van der Waals surface area contributed by atoms with E-state index in [1.165, 1.54) is 46.0 Å². The molecule has 2 unspecified atom stereocenters. The normalized spacial score (nSPS) is 19.1. The average molecular weight is 585 g/mol. The third-order valence-electron chi connectivity index (χ3n) is 7.71. The van der Waals surface area contributed by atoms with Crippen molar-refractivity contribution in [3.8, 4) is 17.0 Å². The zero-order valence-corrected chi connectivity index (χ0v) is 22.8. The lowest BCUT2D eigenvalue weighted by molar-refractivity contribution is -0.134. The summed E-state index contributed by atoms with van der Waals surface area (Å²) in [6.07, 6.45) is 8.01. The summed E-state index contributed by atoms with van der Waals surface area (Å²) in [4.78, 5) is 35.0. The molecule has 14 heteroatoms. The number of amides is 2. The second-order valence-electron chi connectivity index (χ2n) is 10.2. The molecule has 2 amide bonds. The summed E-state index contributed by atoms with van der Waals surface area (Å²) in [6.45, 7) is -0.856. The third-order valence-corrected chi connectivity index (χ3v) is 7.94. The molecule has 6 rings (SSSR count). The SMILES string of the molecule is CN1CCC2CN(C(=O)Cn3cc(NC(=O)c4cnn5cccnc45)c(-c4cc(Cl)ccc4OC(F)F)n3)CCC21. The van der Waals surface area contributed by atoms with Crippen molar-refractivity contribution in [2.24, 2.45) is 5.92 Å². The van der Waals surface area contributed by atoms with Crippen LogP contribution in [0.2, 0.25) is 5.02 Å². The highest BCUT2D eigenvalue weighted by Gasteiger charge is 2.37. The summed E-state index contributed by atoms with van der Waals surface area (Å²) in [5.74, 6) is -0.411. The fraction of sp³-hybridized carbons (Fsp3) is 0.370. The van der Waals surface area contributed by atoms with Crippen LogP contribution in [0.25, 0.3) is 16.9 Å². The number of halogens is 3. The van der Waals surface area contributed by atoms with Crippen LogP contribution in [-0.2, 0) is 11.3 Å². The molecular formula is C27H27ClF2N8O3. The van der Waals surface area contributed by atoms with Gasteiger partial charge in [-0.05, 0) is 56.6 Å². The molecule has 0 aliphatic carbocycles. The molecule has 4 aromatic rings. The molecule has 2 aliphatic heterocycles. The number of nitrogens with zero attached hydrogens (tertiary/aromatic N) is 7. The molecule has 0 bridgehead atoms. The minimum absolute atomic E-state index is 0.0973. The molecule has 1 N–H and O–H groups in total. The number of alkyl halides is 2. The molecule has 2 aliphatic rings. The quantitative estimate of drug-likeness (QED) is 0.353. The number of likely N-dealkylation sites (tertiary alicyclic amines) is 2. The Balaban J connectivity index is 1.31. The predicted octanol–water partition coefficient (Wildman–Crippen LogP) is 3.65. The largest absolute Gasteiger partial charge is 0.434 e. The second kappa shape index (κ2) is 11.1. The van der Waals surface area contributed by atoms with Crippen molar-refractivity contribution in [2.75, 3.05) is 32.0 Å². The van der Waals surface area contributed by atoms with E-state index in [9.17, 15) is 18.4 Å². The van der Waals surface area contributed by atoms with E-state index >= 15 is 0 Å². The van der Waals surface area contributed by atoms with Gasteiger partial charge in [-0.1, -0.05) is 11.6 Å². The highest BCUT2D eigenvalue weighted by Crippen LogP contribution is 2.37. The van der Waals surface area contributed by atoms with Crippen LogP contribution < -0.4 is 10.1 Å². The summed E-state index contributed by atoms with van der Waals surface area (Å²) in [5, 5.41) is 11.7. The van der Waals surface area contributed by atoms with Gasteiger partial charge in [-0.2, -0.15) is 19.0 Å². The maximum absolute atomic E-state index is 13.3. The first-order valence-electron chi connectivity index (χ1n) is 13.2. The molecule has 41 heavy (non-hydrogen) atoms. The van der Waals surface area contributed by atoms with Crippen LogP contribution in [0.3, 0.4) is 0 Å². The topological polar surface area (TPSA) is 110 Å². The number of hydrogen-bond acceptors (Lipinski definition) is 7. The van der Waals surface area contributed by atoms with Gasteiger partial charge in [0.15, 0.2) is 5.65 Å². The zero-order chi connectivity index (χ0) is 28.7. The molecular weight excluding hydrogens is 558 g/mol. The van der Waals surface area contributed by atoms with E-state index in [1.54, 1.807) is 12.3 Å². The molecule has 2 atom stereocenters. The molecule has 3 aromatic heterocycles. The number of carbonyl (C=O) groups is 2. The average Bonchev–Trinajstić information content (AvgIpc) is 3.66. The summed E-state index contributed by atoms with van der Waals surface area (Å²) in [6, 6.07) is 6.30. The smallest absolute Gasteiger partial charge is 0.387 e. The molecule has 2 fully saturated rings. The van der Waals surface area contributed by atoms with Crippen molar-refractivity contribution in [1.82, 2.24) is 34.2 Å². The number of piperidine rings is 1. The lowest BCUT2D eigenvalue weighted by Gasteiger charge is -2.37. The maximum atomic E-state index is 13.3. The zero-order valence-electron chi connectivity index (χ0n) is 22.1. The molecule has 5 heterocycles. The van der Waals surface area contributed by atoms with Crippen molar-refractivity contribution in [3.63, 3.8) is 0 Å². The number of aromatic nitrogens is 5. The minimum atomic E-state index is -3.10. The highest BCUT2D eigenvalue weighted by atomic mass is 35.5. The summed E-state index contributed by atoms with van der Waals surface area (Å²) in [7, 11) is 2.12. The van der Waals surface area contributed by atoms with Crippen molar-refractivity contribution >= 4 is 34.7 Å². The van der Waals surface area contributed by atoms with Gasteiger partial charge in [0.2, 0.25) is 5.91 Å². The summed E-state index contributed by atoms with van der Waals surface area (Å²) in [5.41, 5.74) is 0.951. The van der Waals surface area contributed by atoms with Gasteiger partial charge in [-0.25, -0.2) is 9.50 Å². The predicted molar refractivity (Wildman–Crippen MR) is 146 cm³/mol. The number of hydrogen-bond donors (Lipinski definition) is 1. The number of ether oxygens (including phenoxy) is 1. The lowest BCUT2D eigenvalue weighted by Crippen LogP contribution is -2.48. The summed E-state index contributed by atoms with van der Waals surface area (Å²) >= 11 is 6.21. The number of rotatable bonds is 7. The van der Waals surface area contributed by atoms with E-state index < -0.39 is 12.5 Å². The molecule has 1 aromatic carbocycles. The third kappa shape index (κ3) is 5.46. The molecule has 0 spiro atoms. The Kier molecular flexibility index (Phi) is 7.30. The van der Waals surface area contributed by atoms with Gasteiger partial charge in [0, 0.05) is 48.3 Å². The first-order chi connectivity index (χ1) is 19.8. The van der Waals surface area contributed by atoms with E-state index in [0.29, 0.717) is 30.7 Å². The minimum Gasteiger partial charge on any atom is -0.434 e. The summed E-state index contributed by atoms with van der Waals surface area (Å²) < 4.78 is 34.0. The van der Waals surface area contributed by atoms with Gasteiger partial charge >= 0.3 is 6.61 Å². The first kappa shape index (κ1) is 27.1. The number of fused-ring (bicyclic) bond motifs is 2. The number of carbonyl (C=O) groups excluding carboxylic acids is 2. The van der Waals surface area contributed by atoms with Crippen LogP contribution in [0.1, 0.15) is 23.2 Å². The van der Waals surface area contributed by atoms with Gasteiger partial charge < -0.3 is 19.9 Å². The van der Waals surface area contributed by atoms with Gasteiger partial charge in [-0.15, -0.1) is 0 Å². The van der Waals surface area contributed by atoms with Gasteiger partial charge in [-0.3, -0.25) is 14.3 Å². The lowest BCUT2D eigenvalue weighted by atomic mass is 9.93. The Bertz CT molecular complexity index is 1610. The van der Waals surface area contributed by atoms with Crippen molar-refractivity contribution in [2.45, 2.75) is 32.0 Å². The van der Waals surface area contributed by atoms with Crippen LogP contribution in [0, 0.1) is 5.92 Å². The Morgan fingerprint density at radius 3 is 2.93 bits per heavy atom. The number of nitrogens with one attached hydrogen (secondary N) is 1.